The number of halogens is 1. The first kappa shape index (κ1) is 18.4. The Morgan fingerprint density at radius 1 is 1.08 bits per heavy atom. The maximum Gasteiger partial charge on any atom is 0.310 e. The third-order valence-corrected chi connectivity index (χ3v) is 5.90. The van der Waals surface area contributed by atoms with Gasteiger partial charge in [0.15, 0.2) is 11.0 Å². The summed E-state index contributed by atoms with van der Waals surface area (Å²) in [6.45, 7) is 0. The van der Waals surface area contributed by atoms with Crippen LogP contribution in [-0.4, -0.2) is 34.7 Å². The SMILES string of the molecule is Cn1c(SCCS(=O)(=O)Oc2ccccc2)nnc1-c1ccc(F)cc1. The van der Waals surface area contributed by atoms with Crippen molar-refractivity contribution in [3.63, 3.8) is 0 Å². The van der Waals surface area contributed by atoms with Crippen molar-refractivity contribution in [3.8, 4) is 17.1 Å². The van der Waals surface area contributed by atoms with Crippen LogP contribution in [0.2, 0.25) is 0 Å². The van der Waals surface area contributed by atoms with E-state index in [0.29, 0.717) is 11.0 Å². The fraction of sp³-hybridized carbons (Fsp3) is 0.176. The first-order valence-corrected chi connectivity index (χ1v) is 10.3. The minimum Gasteiger partial charge on any atom is -0.382 e. The molecular weight excluding hydrogens is 377 g/mol. The van der Waals surface area contributed by atoms with Crippen molar-refractivity contribution in [1.82, 2.24) is 14.8 Å². The molecule has 0 amide bonds. The van der Waals surface area contributed by atoms with Gasteiger partial charge < -0.3 is 8.75 Å². The number of benzene rings is 2. The summed E-state index contributed by atoms with van der Waals surface area (Å²) in [6.07, 6.45) is 0. The van der Waals surface area contributed by atoms with Crippen LogP contribution in [0.3, 0.4) is 0 Å². The fourth-order valence-electron chi connectivity index (χ4n) is 2.19. The predicted octanol–water partition coefficient (Wildman–Crippen LogP) is 3.12. The molecule has 6 nitrogen and oxygen atoms in total. The minimum absolute atomic E-state index is 0.161. The van der Waals surface area contributed by atoms with E-state index in [1.807, 2.05) is 0 Å². The molecule has 0 unspecified atom stereocenters. The molecule has 0 bridgehead atoms. The molecule has 1 aromatic heterocycles. The highest BCUT2D eigenvalue weighted by molar-refractivity contribution is 8.00. The van der Waals surface area contributed by atoms with Gasteiger partial charge in [-0.2, -0.15) is 8.42 Å². The number of hydrogen-bond acceptors (Lipinski definition) is 6. The van der Waals surface area contributed by atoms with Crippen molar-refractivity contribution in [3.05, 3.63) is 60.4 Å². The van der Waals surface area contributed by atoms with Crippen LogP contribution in [0.25, 0.3) is 11.4 Å². The lowest BCUT2D eigenvalue weighted by Gasteiger charge is -2.07. The Morgan fingerprint density at radius 3 is 2.46 bits per heavy atom. The molecule has 0 aliphatic heterocycles. The summed E-state index contributed by atoms with van der Waals surface area (Å²) in [4.78, 5) is 0. The molecular formula is C17H16FN3O3S2. The maximum atomic E-state index is 13.0. The molecule has 3 rings (SSSR count). The summed E-state index contributed by atoms with van der Waals surface area (Å²) in [5, 5.41) is 8.72. The second-order valence-electron chi connectivity index (χ2n) is 5.38. The van der Waals surface area contributed by atoms with E-state index in [4.69, 9.17) is 4.18 Å². The Labute approximate surface area is 155 Å². The summed E-state index contributed by atoms with van der Waals surface area (Å²) in [5.74, 6) is 0.648. The molecule has 0 atom stereocenters. The molecule has 0 aliphatic carbocycles. The number of hydrogen-bond donors (Lipinski definition) is 0. The standard InChI is InChI=1S/C17H16FN3O3S2/c1-21-16(13-7-9-14(18)10-8-13)19-20-17(21)25-11-12-26(22,23)24-15-5-3-2-4-6-15/h2-10H,11-12H2,1H3. The molecule has 3 aromatic rings. The second-order valence-corrected chi connectivity index (χ2v) is 8.13. The largest absolute Gasteiger partial charge is 0.382 e. The summed E-state index contributed by atoms with van der Waals surface area (Å²) in [7, 11) is -1.91. The van der Waals surface area contributed by atoms with E-state index < -0.39 is 10.1 Å². The zero-order chi connectivity index (χ0) is 18.6. The summed E-state index contributed by atoms with van der Waals surface area (Å²) in [6, 6.07) is 14.3. The van der Waals surface area contributed by atoms with Gasteiger partial charge in [-0.3, -0.25) is 0 Å². The van der Waals surface area contributed by atoms with Crippen molar-refractivity contribution in [2.75, 3.05) is 11.5 Å². The molecule has 0 radical (unpaired) electrons. The summed E-state index contributed by atoms with van der Waals surface area (Å²) < 4.78 is 43.8. The van der Waals surface area contributed by atoms with Crippen LogP contribution in [0.4, 0.5) is 4.39 Å². The number of nitrogens with zero attached hydrogens (tertiary/aromatic N) is 3. The van der Waals surface area contributed by atoms with Crippen LogP contribution >= 0.6 is 11.8 Å². The Morgan fingerprint density at radius 2 is 1.77 bits per heavy atom. The zero-order valence-electron chi connectivity index (χ0n) is 13.9. The van der Waals surface area contributed by atoms with Gasteiger partial charge in [0, 0.05) is 18.4 Å². The summed E-state index contributed by atoms with van der Waals surface area (Å²) in [5.41, 5.74) is 0.730. The summed E-state index contributed by atoms with van der Waals surface area (Å²) >= 11 is 1.26. The predicted molar refractivity (Wildman–Crippen MR) is 98.0 cm³/mol. The molecule has 0 spiro atoms. The van der Waals surface area contributed by atoms with Crippen molar-refractivity contribution in [2.45, 2.75) is 5.16 Å². The van der Waals surface area contributed by atoms with E-state index in [9.17, 15) is 12.8 Å². The molecule has 136 valence electrons. The van der Waals surface area contributed by atoms with Crippen molar-refractivity contribution >= 4 is 21.9 Å². The van der Waals surface area contributed by atoms with Gasteiger partial charge in [-0.1, -0.05) is 30.0 Å². The Balaban J connectivity index is 1.61. The van der Waals surface area contributed by atoms with Crippen LogP contribution in [-0.2, 0) is 17.2 Å². The van der Waals surface area contributed by atoms with Gasteiger partial charge in [0.25, 0.3) is 0 Å². The Kier molecular flexibility index (Phi) is 5.58. The highest BCUT2D eigenvalue weighted by atomic mass is 32.2. The average molecular weight is 393 g/mol. The lowest BCUT2D eigenvalue weighted by Crippen LogP contribution is -2.15. The molecule has 0 fully saturated rings. The molecule has 0 saturated carbocycles. The van der Waals surface area contributed by atoms with Gasteiger partial charge in [0.2, 0.25) is 0 Å². The van der Waals surface area contributed by atoms with Crippen LogP contribution in [0, 0.1) is 5.82 Å². The topological polar surface area (TPSA) is 74.1 Å². The van der Waals surface area contributed by atoms with E-state index >= 15 is 0 Å². The quantitative estimate of drug-likeness (QED) is 0.454. The van der Waals surface area contributed by atoms with Gasteiger partial charge in [-0.15, -0.1) is 10.2 Å². The van der Waals surface area contributed by atoms with E-state index in [2.05, 4.69) is 10.2 Å². The molecule has 0 aliphatic rings. The number of aromatic nitrogens is 3. The highest BCUT2D eigenvalue weighted by Gasteiger charge is 2.16. The smallest absolute Gasteiger partial charge is 0.310 e. The number of thioether (sulfide) groups is 1. The third-order valence-electron chi connectivity index (χ3n) is 3.47. The van der Waals surface area contributed by atoms with Gasteiger partial charge in [-0.05, 0) is 36.4 Å². The van der Waals surface area contributed by atoms with Gasteiger partial charge >= 0.3 is 10.1 Å². The minimum atomic E-state index is -3.69. The van der Waals surface area contributed by atoms with Crippen molar-refractivity contribution < 1.29 is 17.0 Å². The number of para-hydroxylation sites is 1. The van der Waals surface area contributed by atoms with Gasteiger partial charge in [0.1, 0.15) is 11.6 Å². The molecule has 0 saturated heterocycles. The van der Waals surface area contributed by atoms with E-state index in [1.54, 1.807) is 54.1 Å². The number of rotatable bonds is 7. The zero-order valence-corrected chi connectivity index (χ0v) is 15.5. The monoisotopic (exact) mass is 393 g/mol. The average Bonchev–Trinajstić information content (AvgIpc) is 2.97. The van der Waals surface area contributed by atoms with E-state index in [-0.39, 0.29) is 23.1 Å². The van der Waals surface area contributed by atoms with Crippen LogP contribution in [0.15, 0.2) is 59.8 Å². The maximum absolute atomic E-state index is 13.0. The Bertz CT molecular complexity index is 974. The first-order valence-electron chi connectivity index (χ1n) is 7.70. The van der Waals surface area contributed by atoms with Crippen molar-refractivity contribution in [1.29, 1.82) is 0 Å². The fourth-order valence-corrected chi connectivity index (χ4v) is 4.39. The Hall–Kier alpha value is -2.39. The lowest BCUT2D eigenvalue weighted by molar-refractivity contribution is 0.488. The van der Waals surface area contributed by atoms with Crippen LogP contribution < -0.4 is 4.18 Å². The molecule has 26 heavy (non-hydrogen) atoms. The van der Waals surface area contributed by atoms with Crippen LogP contribution in [0.1, 0.15) is 0 Å². The van der Waals surface area contributed by atoms with Gasteiger partial charge in [-0.25, -0.2) is 4.39 Å². The molecule has 0 N–H and O–H groups in total. The molecule has 2 aromatic carbocycles. The van der Waals surface area contributed by atoms with E-state index in [0.717, 1.165) is 5.56 Å². The lowest BCUT2D eigenvalue weighted by atomic mass is 10.2. The molecule has 1 heterocycles. The first-order chi connectivity index (χ1) is 12.4. The highest BCUT2D eigenvalue weighted by Crippen LogP contribution is 2.23. The normalized spacial score (nSPS) is 11.5. The second kappa shape index (κ2) is 7.88. The third kappa shape index (κ3) is 4.61. The van der Waals surface area contributed by atoms with Crippen LogP contribution in [0.5, 0.6) is 5.75 Å². The van der Waals surface area contributed by atoms with Crippen molar-refractivity contribution in [2.24, 2.45) is 7.05 Å². The molecule has 9 heteroatoms. The van der Waals surface area contributed by atoms with Gasteiger partial charge in [0.05, 0.1) is 5.75 Å². The van der Waals surface area contributed by atoms with E-state index in [1.165, 1.54) is 23.9 Å².